The molecule has 0 fully saturated rings. The minimum absolute atomic E-state index is 0.0267. The molecule has 0 aliphatic carbocycles. The molecule has 1 rings (SSSR count). The standard InChI is InChI=1S/C11H14N2O/c1-9(8-14)11(13(2)3)10-5-4-6-12-7-10/h4-7,11H,1-3H3. The Labute approximate surface area is 84.1 Å². The van der Waals surface area contributed by atoms with Gasteiger partial charge < -0.3 is 0 Å². The molecule has 14 heavy (non-hydrogen) atoms. The lowest BCUT2D eigenvalue weighted by molar-refractivity contribution is 0.337. The Balaban J connectivity index is 3.07. The van der Waals surface area contributed by atoms with E-state index in [0.29, 0.717) is 5.57 Å². The van der Waals surface area contributed by atoms with Crippen LogP contribution in [0, 0.1) is 0 Å². The van der Waals surface area contributed by atoms with Gasteiger partial charge in [0.05, 0.1) is 6.04 Å². The van der Waals surface area contributed by atoms with Gasteiger partial charge in [0.25, 0.3) is 0 Å². The number of likely N-dealkylation sites (N-methyl/N-ethyl adjacent to an activating group) is 1. The van der Waals surface area contributed by atoms with Crippen LogP contribution in [0.2, 0.25) is 0 Å². The second-order valence-electron chi connectivity index (χ2n) is 3.44. The lowest BCUT2D eigenvalue weighted by Crippen LogP contribution is -2.21. The number of aromatic nitrogens is 1. The SMILES string of the molecule is CC(=C=O)C(c1cccnc1)N(C)C. The van der Waals surface area contributed by atoms with Gasteiger partial charge >= 0.3 is 0 Å². The Bertz CT molecular complexity index is 340. The molecule has 0 aliphatic rings. The largest absolute Gasteiger partial charge is 0.298 e. The molecule has 74 valence electrons. The summed E-state index contributed by atoms with van der Waals surface area (Å²) in [5.41, 5.74) is 1.68. The molecule has 0 radical (unpaired) electrons. The maximum absolute atomic E-state index is 10.6. The van der Waals surface area contributed by atoms with Crippen molar-refractivity contribution in [2.75, 3.05) is 14.1 Å². The van der Waals surface area contributed by atoms with Crippen molar-refractivity contribution in [1.82, 2.24) is 9.88 Å². The van der Waals surface area contributed by atoms with Crippen LogP contribution in [0.15, 0.2) is 30.1 Å². The quantitative estimate of drug-likeness (QED) is 0.676. The molecular formula is C11H14N2O. The average Bonchev–Trinajstić information content (AvgIpc) is 2.19. The Morgan fingerprint density at radius 1 is 1.57 bits per heavy atom. The molecule has 3 heteroatoms. The van der Waals surface area contributed by atoms with Crippen LogP contribution >= 0.6 is 0 Å². The van der Waals surface area contributed by atoms with Crippen molar-refractivity contribution in [2.45, 2.75) is 13.0 Å². The van der Waals surface area contributed by atoms with Crippen LogP contribution in [0.4, 0.5) is 0 Å². The molecule has 0 saturated carbocycles. The van der Waals surface area contributed by atoms with Gasteiger partial charge in [0.1, 0.15) is 5.94 Å². The van der Waals surface area contributed by atoms with Crippen molar-refractivity contribution in [3.8, 4) is 0 Å². The fourth-order valence-corrected chi connectivity index (χ4v) is 1.53. The number of rotatable bonds is 3. The smallest absolute Gasteiger partial charge is 0.125 e. The van der Waals surface area contributed by atoms with Crippen LogP contribution in [0.5, 0.6) is 0 Å². The summed E-state index contributed by atoms with van der Waals surface area (Å²) in [6.45, 7) is 1.78. The van der Waals surface area contributed by atoms with Crippen molar-refractivity contribution in [3.63, 3.8) is 0 Å². The van der Waals surface area contributed by atoms with E-state index in [9.17, 15) is 4.79 Å². The highest BCUT2D eigenvalue weighted by Gasteiger charge is 2.16. The number of nitrogens with zero attached hydrogens (tertiary/aromatic N) is 2. The molecule has 0 bridgehead atoms. The third kappa shape index (κ3) is 2.28. The Hall–Kier alpha value is -1.44. The summed E-state index contributed by atoms with van der Waals surface area (Å²) < 4.78 is 0. The predicted molar refractivity (Wildman–Crippen MR) is 55.5 cm³/mol. The molecule has 1 heterocycles. The minimum atomic E-state index is -0.0267. The van der Waals surface area contributed by atoms with E-state index in [4.69, 9.17) is 0 Å². The second kappa shape index (κ2) is 4.70. The maximum atomic E-state index is 10.6. The van der Waals surface area contributed by atoms with Crippen LogP contribution in [-0.2, 0) is 4.79 Å². The molecule has 0 aromatic carbocycles. The van der Waals surface area contributed by atoms with E-state index in [-0.39, 0.29) is 6.04 Å². The molecule has 0 saturated heterocycles. The molecule has 0 amide bonds. The first-order valence-corrected chi connectivity index (χ1v) is 4.44. The summed E-state index contributed by atoms with van der Waals surface area (Å²) in [6, 6.07) is 3.80. The molecule has 0 spiro atoms. The summed E-state index contributed by atoms with van der Waals surface area (Å²) in [5, 5.41) is 0. The number of hydrogen-bond acceptors (Lipinski definition) is 3. The normalized spacial score (nSPS) is 12.3. The summed E-state index contributed by atoms with van der Waals surface area (Å²) >= 11 is 0. The fraction of sp³-hybridized carbons (Fsp3) is 0.364. The van der Waals surface area contributed by atoms with E-state index in [1.54, 1.807) is 19.3 Å². The summed E-state index contributed by atoms with van der Waals surface area (Å²) in [4.78, 5) is 16.6. The van der Waals surface area contributed by atoms with Crippen molar-refractivity contribution in [1.29, 1.82) is 0 Å². The van der Waals surface area contributed by atoms with Gasteiger partial charge in [0.2, 0.25) is 0 Å². The first-order valence-electron chi connectivity index (χ1n) is 4.44. The van der Waals surface area contributed by atoms with Crippen LogP contribution in [-0.4, -0.2) is 29.9 Å². The summed E-state index contributed by atoms with van der Waals surface area (Å²) in [6.07, 6.45) is 3.49. The number of pyridine rings is 1. The van der Waals surface area contributed by atoms with Gasteiger partial charge in [-0.1, -0.05) is 6.07 Å². The first kappa shape index (κ1) is 10.6. The van der Waals surface area contributed by atoms with Crippen molar-refractivity contribution < 1.29 is 4.79 Å². The van der Waals surface area contributed by atoms with Crippen molar-refractivity contribution >= 4 is 5.94 Å². The van der Waals surface area contributed by atoms with E-state index in [0.717, 1.165) is 5.56 Å². The molecular weight excluding hydrogens is 176 g/mol. The monoisotopic (exact) mass is 190 g/mol. The number of hydrogen-bond donors (Lipinski definition) is 0. The Morgan fingerprint density at radius 2 is 2.29 bits per heavy atom. The van der Waals surface area contributed by atoms with Gasteiger partial charge in [-0.2, -0.15) is 0 Å². The summed E-state index contributed by atoms with van der Waals surface area (Å²) in [5.74, 6) is 1.94. The molecule has 0 aliphatic heterocycles. The van der Waals surface area contributed by atoms with Gasteiger partial charge in [0, 0.05) is 18.0 Å². The van der Waals surface area contributed by atoms with Crippen LogP contribution in [0.3, 0.4) is 0 Å². The fourth-order valence-electron chi connectivity index (χ4n) is 1.53. The third-order valence-electron chi connectivity index (χ3n) is 2.09. The molecule has 3 nitrogen and oxygen atoms in total. The lowest BCUT2D eigenvalue weighted by Gasteiger charge is -2.23. The zero-order valence-electron chi connectivity index (χ0n) is 8.69. The Kier molecular flexibility index (Phi) is 3.57. The predicted octanol–water partition coefficient (Wildman–Crippen LogP) is 1.46. The van der Waals surface area contributed by atoms with Gasteiger partial charge in [-0.25, -0.2) is 4.79 Å². The third-order valence-corrected chi connectivity index (χ3v) is 2.09. The van der Waals surface area contributed by atoms with Gasteiger partial charge in [-0.15, -0.1) is 0 Å². The maximum Gasteiger partial charge on any atom is 0.125 e. The van der Waals surface area contributed by atoms with Gasteiger partial charge in [-0.3, -0.25) is 9.88 Å². The zero-order valence-corrected chi connectivity index (χ0v) is 8.69. The van der Waals surface area contributed by atoms with E-state index in [1.165, 1.54) is 0 Å². The first-order chi connectivity index (χ1) is 6.66. The zero-order chi connectivity index (χ0) is 10.6. The van der Waals surface area contributed by atoms with Crippen LogP contribution < -0.4 is 0 Å². The molecule has 0 N–H and O–H groups in total. The highest BCUT2D eigenvalue weighted by atomic mass is 16.1. The van der Waals surface area contributed by atoms with Gasteiger partial charge in [-0.05, 0) is 32.6 Å². The highest BCUT2D eigenvalue weighted by molar-refractivity contribution is 5.54. The van der Waals surface area contributed by atoms with E-state index in [2.05, 4.69) is 4.98 Å². The van der Waals surface area contributed by atoms with Crippen LogP contribution in [0.25, 0.3) is 0 Å². The van der Waals surface area contributed by atoms with Gasteiger partial charge in [0.15, 0.2) is 0 Å². The highest BCUT2D eigenvalue weighted by Crippen LogP contribution is 2.23. The van der Waals surface area contributed by atoms with Crippen molar-refractivity contribution in [2.24, 2.45) is 0 Å². The second-order valence-corrected chi connectivity index (χ2v) is 3.44. The average molecular weight is 190 g/mol. The lowest BCUT2D eigenvalue weighted by atomic mass is 10.0. The molecule has 1 aromatic heterocycles. The molecule has 1 unspecified atom stereocenters. The Morgan fingerprint density at radius 3 is 2.71 bits per heavy atom. The molecule has 1 aromatic rings. The van der Waals surface area contributed by atoms with E-state index >= 15 is 0 Å². The van der Waals surface area contributed by atoms with Crippen molar-refractivity contribution in [3.05, 3.63) is 35.7 Å². The minimum Gasteiger partial charge on any atom is -0.298 e. The molecule has 1 atom stereocenters. The van der Waals surface area contributed by atoms with E-state index in [1.807, 2.05) is 37.1 Å². The van der Waals surface area contributed by atoms with E-state index < -0.39 is 0 Å². The van der Waals surface area contributed by atoms with Crippen LogP contribution in [0.1, 0.15) is 18.5 Å². The summed E-state index contributed by atoms with van der Waals surface area (Å²) in [7, 11) is 3.86. The topological polar surface area (TPSA) is 33.2 Å². The number of carbonyl (C=O) groups excluding carboxylic acids is 1.